The molecule has 8 nitrogen and oxygen atoms in total. The Balaban J connectivity index is 2.45. The third-order valence-electron chi connectivity index (χ3n) is 4.99. The summed E-state index contributed by atoms with van der Waals surface area (Å²) in [5.74, 6) is -1.46. The summed E-state index contributed by atoms with van der Waals surface area (Å²) in [5, 5.41) is 0. The Kier molecular flexibility index (Phi) is 7.60. The zero-order chi connectivity index (χ0) is 23.2. The van der Waals surface area contributed by atoms with E-state index in [1.165, 1.54) is 12.0 Å². The number of hydrogen-bond donors (Lipinski definition) is 0. The van der Waals surface area contributed by atoms with Crippen molar-refractivity contribution in [1.82, 2.24) is 9.80 Å². The molecule has 2 rings (SSSR count). The van der Waals surface area contributed by atoms with E-state index >= 15 is 0 Å². The lowest BCUT2D eigenvalue weighted by Gasteiger charge is -2.45. The quantitative estimate of drug-likeness (QED) is 0.390. The fraction of sp³-hybridized carbons (Fsp3) is 0.478. The molecule has 168 valence electrons. The van der Waals surface area contributed by atoms with Gasteiger partial charge < -0.3 is 9.47 Å². The summed E-state index contributed by atoms with van der Waals surface area (Å²) >= 11 is 0. The van der Waals surface area contributed by atoms with E-state index in [4.69, 9.17) is 9.47 Å². The molecule has 0 saturated carbocycles. The second kappa shape index (κ2) is 9.76. The van der Waals surface area contributed by atoms with Crippen LogP contribution < -0.4 is 0 Å². The number of carbonyl (C=O) groups excluding carboxylic acids is 4. The molecule has 1 atom stereocenters. The number of hydrogen-bond acceptors (Lipinski definition) is 6. The van der Waals surface area contributed by atoms with Gasteiger partial charge in [-0.05, 0) is 45.7 Å². The van der Waals surface area contributed by atoms with Crippen LogP contribution in [0.3, 0.4) is 0 Å². The Morgan fingerprint density at radius 2 is 1.84 bits per heavy atom. The summed E-state index contributed by atoms with van der Waals surface area (Å²) in [6.45, 7) is 8.71. The van der Waals surface area contributed by atoms with E-state index in [1.807, 2.05) is 0 Å². The van der Waals surface area contributed by atoms with Crippen molar-refractivity contribution in [3.8, 4) is 0 Å². The molecule has 1 aromatic rings. The number of amides is 3. The minimum absolute atomic E-state index is 0.00231. The molecule has 0 radical (unpaired) electrons. The molecule has 1 saturated heterocycles. The zero-order valence-corrected chi connectivity index (χ0v) is 18.6. The van der Waals surface area contributed by atoms with E-state index in [9.17, 15) is 19.2 Å². The second-order valence-corrected chi connectivity index (χ2v) is 8.57. The molecule has 3 amide bonds. The predicted octanol–water partition coefficient (Wildman–Crippen LogP) is 3.38. The van der Waals surface area contributed by atoms with E-state index < -0.39 is 34.9 Å². The highest BCUT2D eigenvalue weighted by atomic mass is 16.6. The first-order valence-corrected chi connectivity index (χ1v) is 10.1. The van der Waals surface area contributed by atoms with Crippen LogP contribution in [0.25, 0.3) is 0 Å². The maximum Gasteiger partial charge on any atom is 0.411 e. The molecule has 0 aliphatic carbocycles. The molecule has 31 heavy (non-hydrogen) atoms. The van der Waals surface area contributed by atoms with Gasteiger partial charge in [-0.1, -0.05) is 24.3 Å². The van der Waals surface area contributed by atoms with Crippen molar-refractivity contribution >= 4 is 23.9 Å². The number of nitrogens with zero attached hydrogens (tertiary/aromatic N) is 2. The molecule has 0 spiro atoms. The average Bonchev–Trinajstić information content (AvgIpc) is 2.72. The van der Waals surface area contributed by atoms with Gasteiger partial charge in [0, 0.05) is 18.5 Å². The van der Waals surface area contributed by atoms with E-state index in [1.54, 1.807) is 57.2 Å². The summed E-state index contributed by atoms with van der Waals surface area (Å²) in [4.78, 5) is 53.7. The third-order valence-corrected chi connectivity index (χ3v) is 4.99. The van der Waals surface area contributed by atoms with Crippen LogP contribution in [0.1, 0.15) is 50.4 Å². The van der Waals surface area contributed by atoms with E-state index in [-0.39, 0.29) is 32.5 Å². The van der Waals surface area contributed by atoms with Gasteiger partial charge >= 0.3 is 12.1 Å². The van der Waals surface area contributed by atoms with Gasteiger partial charge in [-0.3, -0.25) is 24.2 Å². The fourth-order valence-corrected chi connectivity index (χ4v) is 3.51. The Bertz CT molecular complexity index is 845. The van der Waals surface area contributed by atoms with Crippen LogP contribution in [0.2, 0.25) is 0 Å². The van der Waals surface area contributed by atoms with E-state index in [2.05, 4.69) is 6.58 Å². The van der Waals surface area contributed by atoms with Gasteiger partial charge in [0.25, 0.3) is 5.91 Å². The lowest BCUT2D eigenvalue weighted by molar-refractivity contribution is -0.150. The lowest BCUT2D eigenvalue weighted by atomic mass is 9.76. The van der Waals surface area contributed by atoms with Gasteiger partial charge in [0.2, 0.25) is 5.91 Å². The van der Waals surface area contributed by atoms with E-state index in [0.29, 0.717) is 5.56 Å². The Morgan fingerprint density at radius 1 is 1.19 bits per heavy atom. The van der Waals surface area contributed by atoms with Crippen molar-refractivity contribution in [1.29, 1.82) is 0 Å². The molecule has 1 aliphatic rings. The number of ether oxygens (including phenoxy) is 2. The Hall–Kier alpha value is -3.16. The topological polar surface area (TPSA) is 93.2 Å². The van der Waals surface area contributed by atoms with Crippen LogP contribution >= 0.6 is 0 Å². The molecule has 1 aliphatic heterocycles. The summed E-state index contributed by atoms with van der Waals surface area (Å²) in [6, 6.07) is 8.36. The summed E-state index contributed by atoms with van der Waals surface area (Å²) in [6.07, 6.45) is 1.16. The molecule has 8 heteroatoms. The molecular weight excluding hydrogens is 400 g/mol. The third kappa shape index (κ3) is 5.93. The van der Waals surface area contributed by atoms with Gasteiger partial charge in [0.05, 0.1) is 12.5 Å². The number of methoxy groups -OCH3 is 1. The molecule has 1 aromatic carbocycles. The van der Waals surface area contributed by atoms with Gasteiger partial charge in [-0.15, -0.1) is 6.58 Å². The minimum atomic E-state index is -1.20. The fourth-order valence-electron chi connectivity index (χ4n) is 3.51. The summed E-state index contributed by atoms with van der Waals surface area (Å²) < 4.78 is 10.2. The van der Waals surface area contributed by atoms with Crippen LogP contribution in [0, 0.1) is 5.41 Å². The lowest BCUT2D eigenvalue weighted by Crippen LogP contribution is -2.62. The van der Waals surface area contributed by atoms with Crippen LogP contribution in [0.5, 0.6) is 0 Å². The smallest absolute Gasteiger partial charge is 0.411 e. The largest absolute Gasteiger partial charge is 0.469 e. The van der Waals surface area contributed by atoms with Crippen molar-refractivity contribution in [2.45, 2.75) is 45.6 Å². The monoisotopic (exact) mass is 430 g/mol. The molecule has 1 heterocycles. The standard InChI is InChI=1S/C23H30N2O6/c1-6-13-23(14-12-18(26)30-5)15-24(21(29)31-22(2,3)4)16-25(20(23)28)19(27)17-10-8-7-9-11-17/h6-11H,1,12-16H2,2-5H3/t23-/m0/s1. The van der Waals surface area contributed by atoms with Gasteiger partial charge in [0.15, 0.2) is 0 Å². The van der Waals surface area contributed by atoms with Crippen molar-refractivity contribution < 1.29 is 28.7 Å². The van der Waals surface area contributed by atoms with Gasteiger partial charge in [0.1, 0.15) is 12.3 Å². The Labute approximate surface area is 182 Å². The van der Waals surface area contributed by atoms with Gasteiger partial charge in [-0.2, -0.15) is 0 Å². The maximum atomic E-state index is 13.5. The molecule has 0 aromatic heterocycles. The number of imide groups is 1. The zero-order valence-electron chi connectivity index (χ0n) is 18.6. The van der Waals surface area contributed by atoms with Crippen molar-refractivity contribution in [2.24, 2.45) is 5.41 Å². The van der Waals surface area contributed by atoms with Crippen LogP contribution in [0.4, 0.5) is 4.79 Å². The molecule has 1 fully saturated rings. The first kappa shape index (κ1) is 24.1. The number of esters is 1. The second-order valence-electron chi connectivity index (χ2n) is 8.57. The summed E-state index contributed by atoms with van der Waals surface area (Å²) in [5.41, 5.74) is -1.63. The van der Waals surface area contributed by atoms with Gasteiger partial charge in [-0.25, -0.2) is 4.79 Å². The SMILES string of the molecule is C=CC[C@]1(CCC(=O)OC)CN(C(=O)OC(C)(C)C)CN(C(=O)c2ccccc2)C1=O. The number of allylic oxidation sites excluding steroid dienone is 1. The predicted molar refractivity (Wildman–Crippen MR) is 114 cm³/mol. The van der Waals surface area contributed by atoms with Crippen molar-refractivity contribution in [3.05, 3.63) is 48.6 Å². The van der Waals surface area contributed by atoms with E-state index in [0.717, 1.165) is 4.90 Å². The van der Waals surface area contributed by atoms with Crippen LogP contribution in [-0.2, 0) is 19.1 Å². The normalized spacial score (nSPS) is 19.0. The highest BCUT2D eigenvalue weighted by Gasteiger charge is 2.49. The average molecular weight is 431 g/mol. The van der Waals surface area contributed by atoms with Crippen molar-refractivity contribution in [3.63, 3.8) is 0 Å². The van der Waals surface area contributed by atoms with Crippen LogP contribution in [0.15, 0.2) is 43.0 Å². The van der Waals surface area contributed by atoms with Crippen molar-refractivity contribution in [2.75, 3.05) is 20.3 Å². The first-order valence-electron chi connectivity index (χ1n) is 10.1. The summed E-state index contributed by atoms with van der Waals surface area (Å²) in [7, 11) is 1.27. The maximum absolute atomic E-state index is 13.5. The molecular formula is C23H30N2O6. The number of carbonyl (C=O) groups is 4. The molecule has 0 N–H and O–H groups in total. The highest BCUT2D eigenvalue weighted by Crippen LogP contribution is 2.37. The molecule has 0 bridgehead atoms. The minimum Gasteiger partial charge on any atom is -0.469 e. The first-order chi connectivity index (χ1) is 14.5. The number of benzene rings is 1. The van der Waals surface area contributed by atoms with Crippen LogP contribution in [-0.4, -0.2) is 59.6 Å². The highest BCUT2D eigenvalue weighted by molar-refractivity contribution is 6.07. The number of rotatable bonds is 6. The Morgan fingerprint density at radius 3 is 2.39 bits per heavy atom. The molecule has 0 unspecified atom stereocenters.